The number of hydrogen-bond acceptors (Lipinski definition) is 0. The van der Waals surface area contributed by atoms with E-state index in [9.17, 15) is 0 Å². The van der Waals surface area contributed by atoms with Gasteiger partial charge in [0, 0.05) is 0 Å². The van der Waals surface area contributed by atoms with Crippen molar-refractivity contribution in [3.05, 3.63) is 41.0 Å². The zero-order valence-electron chi connectivity index (χ0n) is 11.6. The Morgan fingerprint density at radius 1 is 1.06 bits per heavy atom. The summed E-state index contributed by atoms with van der Waals surface area (Å²) in [5, 5.41) is 0. The van der Waals surface area contributed by atoms with Crippen LogP contribution in [0.4, 0.5) is 0 Å². The molecule has 0 N–H and O–H groups in total. The van der Waals surface area contributed by atoms with Crippen molar-refractivity contribution in [2.24, 2.45) is 0 Å². The molecule has 0 unspecified atom stereocenters. The van der Waals surface area contributed by atoms with Gasteiger partial charge in [-0.1, -0.05) is 0 Å². The van der Waals surface area contributed by atoms with Gasteiger partial charge in [0.15, 0.2) is 0 Å². The number of hydrogen-bond donors (Lipinski definition) is 0. The van der Waals surface area contributed by atoms with Crippen molar-refractivity contribution < 1.29 is 21.3 Å². The number of halogens is 2. The molecule has 0 radical (unpaired) electrons. The Kier molecular flexibility index (Phi) is 7.29. The monoisotopic (exact) mass is 362 g/mol. The molecule has 0 aromatic rings. The molecule has 3 heteroatoms. The van der Waals surface area contributed by atoms with E-state index < -0.39 is 21.3 Å². The zero-order valence-corrected chi connectivity index (χ0v) is 15.7. The molecule has 0 nitrogen and oxygen atoms in total. The predicted molar refractivity (Wildman–Crippen MR) is 83.8 cm³/mol. The molecule has 0 amide bonds. The molecule has 0 spiro atoms. The first-order valence-electron chi connectivity index (χ1n) is 5.94. The van der Waals surface area contributed by atoms with Gasteiger partial charge in [0.05, 0.1) is 0 Å². The van der Waals surface area contributed by atoms with Crippen molar-refractivity contribution in [2.75, 3.05) is 0 Å². The summed E-state index contributed by atoms with van der Waals surface area (Å²) in [7, 11) is 0. The summed E-state index contributed by atoms with van der Waals surface area (Å²) < 4.78 is 8.03. The summed E-state index contributed by atoms with van der Waals surface area (Å²) in [5.41, 5.74) is 6.08. The molecule has 0 fully saturated rings. The molecule has 0 heterocycles. The summed E-state index contributed by atoms with van der Waals surface area (Å²) in [6.45, 7) is 9.03. The molecule has 0 saturated heterocycles. The third-order valence-corrected chi connectivity index (χ3v) is 10.2. The maximum absolute atomic E-state index is 4.59. The van der Waals surface area contributed by atoms with Crippen LogP contribution in [-0.4, -0.2) is 4.21 Å². The molecule has 0 bridgehead atoms. The molecular weight excluding hydrogens is 342 g/mol. The van der Waals surface area contributed by atoms with E-state index in [1.54, 1.807) is 12.1 Å². The molecule has 100 valence electrons. The summed E-state index contributed by atoms with van der Waals surface area (Å²) in [4.78, 5) is 0. The Morgan fingerprint density at radius 2 is 1.67 bits per heavy atom. The second-order valence-electron chi connectivity index (χ2n) is 5.00. The molecule has 18 heavy (non-hydrogen) atoms. The van der Waals surface area contributed by atoms with Crippen LogP contribution in [0.15, 0.2) is 41.0 Å². The van der Waals surface area contributed by atoms with Gasteiger partial charge in [0.1, 0.15) is 0 Å². The zero-order chi connectivity index (χ0) is 11.9. The standard InChI is InChI=1S/2C7H9.CH2.2ClH.Zr/c1-6-3-4-7(2)5-6;1-6-4-3-5-7(6)2;;;;/h5H,3H2,1-2H3;4H,3H2,1-2H3;1H2;2*1H;. The molecule has 0 aromatic carbocycles. The first kappa shape index (κ1) is 18.3. The van der Waals surface area contributed by atoms with Crippen LogP contribution < -0.4 is 0 Å². The minimum atomic E-state index is -1.71. The fraction of sp³-hybridized carbons (Fsp3) is 0.400. The van der Waals surface area contributed by atoms with Crippen LogP contribution in [0.5, 0.6) is 0 Å². The van der Waals surface area contributed by atoms with Gasteiger partial charge in [-0.3, -0.25) is 0 Å². The van der Waals surface area contributed by atoms with Gasteiger partial charge < -0.3 is 0 Å². The Balaban J connectivity index is 0.00000144. The summed E-state index contributed by atoms with van der Waals surface area (Å²) in [5.74, 6) is 0. The van der Waals surface area contributed by atoms with Crippen LogP contribution in [0.25, 0.3) is 0 Å². The SMILES string of the molecule is Cl.Cl.[CH2]=[Zr]([C]1=C(C)C=C(C)C1)[C]1=C(C)C(C)=CC1. The maximum atomic E-state index is 4.59. The van der Waals surface area contributed by atoms with E-state index in [-0.39, 0.29) is 24.8 Å². The average Bonchev–Trinajstić information content (AvgIpc) is 2.71. The van der Waals surface area contributed by atoms with Crippen LogP contribution in [0, 0.1) is 0 Å². The van der Waals surface area contributed by atoms with Crippen LogP contribution in [-0.2, 0) is 21.3 Å². The van der Waals surface area contributed by atoms with Crippen molar-refractivity contribution in [3.63, 3.8) is 0 Å². The number of allylic oxidation sites excluding steroid dienone is 8. The molecule has 2 rings (SSSR count). The van der Waals surface area contributed by atoms with E-state index in [0.29, 0.717) is 0 Å². The van der Waals surface area contributed by atoms with E-state index in [4.69, 9.17) is 0 Å². The Morgan fingerprint density at radius 3 is 2.06 bits per heavy atom. The molecule has 0 atom stereocenters. The van der Waals surface area contributed by atoms with Crippen molar-refractivity contribution in [2.45, 2.75) is 40.5 Å². The molecular formula is C15H22Cl2Zr. The van der Waals surface area contributed by atoms with Crippen LogP contribution in [0.2, 0.25) is 0 Å². The second kappa shape index (κ2) is 7.18. The van der Waals surface area contributed by atoms with Crippen molar-refractivity contribution in [1.82, 2.24) is 0 Å². The van der Waals surface area contributed by atoms with Gasteiger partial charge in [-0.25, -0.2) is 0 Å². The van der Waals surface area contributed by atoms with Gasteiger partial charge in [0.25, 0.3) is 0 Å². The van der Waals surface area contributed by atoms with Crippen LogP contribution in [0.3, 0.4) is 0 Å². The number of rotatable bonds is 2. The Hall–Kier alpha value is 0.293. The van der Waals surface area contributed by atoms with Crippen LogP contribution in [0.1, 0.15) is 40.5 Å². The van der Waals surface area contributed by atoms with Gasteiger partial charge in [-0.15, -0.1) is 24.8 Å². The van der Waals surface area contributed by atoms with Crippen molar-refractivity contribution in [3.8, 4) is 0 Å². The Bertz CT molecular complexity index is 491. The van der Waals surface area contributed by atoms with E-state index in [1.807, 2.05) is 0 Å². The predicted octanol–water partition coefficient (Wildman–Crippen LogP) is 5.13. The molecule has 2 aliphatic carbocycles. The minimum absolute atomic E-state index is 0. The molecule has 2 aliphatic rings. The van der Waals surface area contributed by atoms with Gasteiger partial charge in [-0.05, 0) is 0 Å². The summed E-state index contributed by atoms with van der Waals surface area (Å²) in [6, 6.07) is 0. The first-order valence-corrected chi connectivity index (χ1v) is 10.1. The third kappa shape index (κ3) is 3.44. The fourth-order valence-electron chi connectivity index (χ4n) is 2.60. The van der Waals surface area contributed by atoms with E-state index >= 15 is 0 Å². The summed E-state index contributed by atoms with van der Waals surface area (Å²) >= 11 is -1.71. The Labute approximate surface area is 131 Å². The molecule has 0 aromatic heterocycles. The molecule has 0 aliphatic heterocycles. The fourth-order valence-corrected chi connectivity index (χ4v) is 8.51. The van der Waals surface area contributed by atoms with Crippen molar-refractivity contribution in [1.29, 1.82) is 0 Å². The summed E-state index contributed by atoms with van der Waals surface area (Å²) in [6.07, 6.45) is 7.12. The quantitative estimate of drug-likeness (QED) is 0.637. The van der Waals surface area contributed by atoms with Gasteiger partial charge in [-0.2, -0.15) is 0 Å². The topological polar surface area (TPSA) is 0 Å². The van der Waals surface area contributed by atoms with Gasteiger partial charge in [0.2, 0.25) is 0 Å². The second-order valence-corrected chi connectivity index (χ2v) is 10.3. The third-order valence-electron chi connectivity index (χ3n) is 3.78. The van der Waals surface area contributed by atoms with E-state index in [1.165, 1.54) is 29.6 Å². The molecule has 0 saturated carbocycles. The normalized spacial score (nSPS) is 18.2. The van der Waals surface area contributed by atoms with Crippen LogP contribution >= 0.6 is 24.8 Å². The van der Waals surface area contributed by atoms with Crippen molar-refractivity contribution >= 4 is 29.0 Å². The van der Waals surface area contributed by atoms with E-state index in [0.717, 1.165) is 0 Å². The first-order chi connectivity index (χ1) is 7.50. The average molecular weight is 364 g/mol. The van der Waals surface area contributed by atoms with E-state index in [2.05, 4.69) is 44.1 Å². The van der Waals surface area contributed by atoms with Gasteiger partial charge >= 0.3 is 107 Å².